The van der Waals surface area contributed by atoms with Gasteiger partial charge in [0.05, 0.1) is 6.61 Å². The quantitative estimate of drug-likeness (QED) is 0.674. The summed E-state index contributed by atoms with van der Waals surface area (Å²) in [6.45, 7) is 4.92. The highest BCUT2D eigenvalue weighted by Gasteiger charge is 2.30. The molecule has 0 amide bonds. The number of benzene rings is 1. The maximum Gasteiger partial charge on any atom is 0.323 e. The Labute approximate surface area is 114 Å². The Bertz CT molecular complexity index is 380. The van der Waals surface area contributed by atoms with E-state index in [0.29, 0.717) is 19.6 Å². The van der Waals surface area contributed by atoms with Crippen LogP contribution in [0.4, 0.5) is 0 Å². The van der Waals surface area contributed by atoms with Gasteiger partial charge in [-0.05, 0) is 44.9 Å². The number of carboxylic acids is 1. The number of para-hydroxylation sites is 1. The lowest BCUT2D eigenvalue weighted by molar-refractivity contribution is -0.144. The van der Waals surface area contributed by atoms with Gasteiger partial charge in [0.2, 0.25) is 0 Å². The van der Waals surface area contributed by atoms with Crippen molar-refractivity contribution >= 4 is 5.97 Å². The Kier molecular flexibility index (Phi) is 6.36. The normalized spacial score (nSPS) is 13.8. The number of hydrogen-bond donors (Lipinski definition) is 2. The fourth-order valence-corrected chi connectivity index (χ4v) is 1.95. The lowest BCUT2D eigenvalue weighted by Gasteiger charge is -2.25. The number of ether oxygens (including phenoxy) is 1. The molecule has 0 aliphatic heterocycles. The van der Waals surface area contributed by atoms with Crippen LogP contribution in [0.3, 0.4) is 0 Å². The molecule has 1 aromatic carbocycles. The van der Waals surface area contributed by atoms with Crippen molar-refractivity contribution in [3.05, 3.63) is 30.3 Å². The summed E-state index contributed by atoms with van der Waals surface area (Å²) in [5.41, 5.74) is -0.832. The molecule has 0 aliphatic rings. The lowest BCUT2D eigenvalue weighted by atomic mass is 9.95. The van der Waals surface area contributed by atoms with Crippen molar-refractivity contribution in [2.45, 2.75) is 38.6 Å². The topological polar surface area (TPSA) is 58.6 Å². The molecule has 0 fully saturated rings. The fraction of sp³-hybridized carbons (Fsp3) is 0.533. The van der Waals surface area contributed by atoms with Gasteiger partial charge in [-0.3, -0.25) is 4.79 Å². The van der Waals surface area contributed by atoms with Gasteiger partial charge in [0.1, 0.15) is 11.3 Å². The van der Waals surface area contributed by atoms with Gasteiger partial charge < -0.3 is 15.2 Å². The Morgan fingerprint density at radius 3 is 2.58 bits per heavy atom. The SMILES string of the molecule is CCNC(C)(CCCCOc1ccccc1)C(=O)O. The minimum atomic E-state index is -0.832. The maximum absolute atomic E-state index is 11.2. The van der Waals surface area contributed by atoms with Crippen LogP contribution in [0.15, 0.2) is 30.3 Å². The van der Waals surface area contributed by atoms with Crippen molar-refractivity contribution < 1.29 is 14.6 Å². The summed E-state index contributed by atoms with van der Waals surface area (Å²) in [5.74, 6) is 0.0634. The molecule has 1 aromatic rings. The van der Waals surface area contributed by atoms with Crippen LogP contribution in [0.2, 0.25) is 0 Å². The number of unbranched alkanes of at least 4 members (excludes halogenated alkanes) is 1. The molecule has 2 N–H and O–H groups in total. The molecule has 0 bridgehead atoms. The van der Waals surface area contributed by atoms with Crippen molar-refractivity contribution in [1.29, 1.82) is 0 Å². The predicted octanol–water partition coefficient (Wildman–Crippen LogP) is 2.69. The number of aliphatic carboxylic acids is 1. The van der Waals surface area contributed by atoms with Gasteiger partial charge in [0, 0.05) is 0 Å². The zero-order valence-electron chi connectivity index (χ0n) is 11.7. The molecule has 0 saturated heterocycles. The number of likely N-dealkylation sites (N-methyl/N-ethyl adjacent to an activating group) is 1. The first kappa shape index (κ1) is 15.5. The van der Waals surface area contributed by atoms with Crippen LogP contribution in [0.25, 0.3) is 0 Å². The third-order valence-corrected chi connectivity index (χ3v) is 3.12. The highest BCUT2D eigenvalue weighted by molar-refractivity contribution is 5.78. The Balaban J connectivity index is 2.24. The zero-order chi connectivity index (χ0) is 14.1. The van der Waals surface area contributed by atoms with Crippen LogP contribution in [-0.4, -0.2) is 29.8 Å². The van der Waals surface area contributed by atoms with E-state index in [2.05, 4.69) is 5.32 Å². The molecule has 0 heterocycles. The van der Waals surface area contributed by atoms with E-state index in [1.807, 2.05) is 37.3 Å². The van der Waals surface area contributed by atoms with E-state index < -0.39 is 11.5 Å². The van der Waals surface area contributed by atoms with Crippen LogP contribution in [0, 0.1) is 0 Å². The zero-order valence-corrected chi connectivity index (χ0v) is 11.7. The van der Waals surface area contributed by atoms with Crippen LogP contribution < -0.4 is 10.1 Å². The molecular weight excluding hydrogens is 242 g/mol. The summed E-state index contributed by atoms with van der Waals surface area (Å²) in [4.78, 5) is 11.2. The molecule has 0 spiro atoms. The molecule has 19 heavy (non-hydrogen) atoms. The summed E-state index contributed by atoms with van der Waals surface area (Å²) in [7, 11) is 0. The second kappa shape index (κ2) is 7.79. The third kappa shape index (κ3) is 5.30. The number of carboxylic acid groups (broad SMARTS) is 1. The molecule has 0 saturated carbocycles. The number of hydrogen-bond acceptors (Lipinski definition) is 3. The molecule has 4 heteroatoms. The lowest BCUT2D eigenvalue weighted by Crippen LogP contribution is -2.49. The van der Waals surface area contributed by atoms with Crippen molar-refractivity contribution in [1.82, 2.24) is 5.32 Å². The average molecular weight is 265 g/mol. The molecule has 0 aromatic heterocycles. The van der Waals surface area contributed by atoms with Gasteiger partial charge in [-0.25, -0.2) is 0 Å². The summed E-state index contributed by atoms with van der Waals surface area (Å²) in [6, 6.07) is 9.64. The number of rotatable bonds is 9. The van der Waals surface area contributed by atoms with E-state index in [4.69, 9.17) is 4.74 Å². The van der Waals surface area contributed by atoms with E-state index in [1.165, 1.54) is 0 Å². The first-order valence-corrected chi connectivity index (χ1v) is 6.75. The second-order valence-corrected chi connectivity index (χ2v) is 4.79. The smallest absolute Gasteiger partial charge is 0.323 e. The standard InChI is InChI=1S/C15H23NO3/c1-3-16-15(2,14(17)18)11-7-8-12-19-13-9-5-4-6-10-13/h4-6,9-10,16H,3,7-8,11-12H2,1-2H3,(H,17,18). The van der Waals surface area contributed by atoms with Crippen LogP contribution >= 0.6 is 0 Å². The molecule has 106 valence electrons. The van der Waals surface area contributed by atoms with Crippen molar-refractivity contribution in [2.75, 3.05) is 13.2 Å². The minimum absolute atomic E-state index is 0.605. The summed E-state index contributed by atoms with van der Waals surface area (Å²) in [5, 5.41) is 12.2. The summed E-state index contributed by atoms with van der Waals surface area (Å²) >= 11 is 0. The van der Waals surface area contributed by atoms with Crippen LogP contribution in [-0.2, 0) is 4.79 Å². The van der Waals surface area contributed by atoms with Gasteiger partial charge >= 0.3 is 5.97 Å². The second-order valence-electron chi connectivity index (χ2n) is 4.79. The van der Waals surface area contributed by atoms with Gasteiger partial charge in [0.25, 0.3) is 0 Å². The van der Waals surface area contributed by atoms with E-state index in [0.717, 1.165) is 18.6 Å². The first-order chi connectivity index (χ1) is 9.08. The Hall–Kier alpha value is -1.55. The van der Waals surface area contributed by atoms with E-state index >= 15 is 0 Å². The van der Waals surface area contributed by atoms with Crippen molar-refractivity contribution in [3.8, 4) is 5.75 Å². The Morgan fingerprint density at radius 1 is 1.32 bits per heavy atom. The first-order valence-electron chi connectivity index (χ1n) is 6.75. The van der Waals surface area contributed by atoms with Crippen molar-refractivity contribution in [2.24, 2.45) is 0 Å². The van der Waals surface area contributed by atoms with E-state index in [1.54, 1.807) is 6.92 Å². The average Bonchev–Trinajstić information content (AvgIpc) is 2.39. The highest BCUT2D eigenvalue weighted by Crippen LogP contribution is 2.15. The van der Waals surface area contributed by atoms with Crippen molar-refractivity contribution in [3.63, 3.8) is 0 Å². The van der Waals surface area contributed by atoms with Crippen LogP contribution in [0.1, 0.15) is 33.1 Å². The molecule has 0 aliphatic carbocycles. The third-order valence-electron chi connectivity index (χ3n) is 3.12. The van der Waals surface area contributed by atoms with Gasteiger partial charge in [-0.15, -0.1) is 0 Å². The summed E-state index contributed by atoms with van der Waals surface area (Å²) < 4.78 is 5.57. The molecule has 1 rings (SSSR count). The molecule has 4 nitrogen and oxygen atoms in total. The molecule has 1 atom stereocenters. The van der Waals surface area contributed by atoms with Crippen LogP contribution in [0.5, 0.6) is 5.75 Å². The monoisotopic (exact) mass is 265 g/mol. The highest BCUT2D eigenvalue weighted by atomic mass is 16.5. The number of nitrogens with one attached hydrogen (secondary N) is 1. The number of carbonyl (C=O) groups is 1. The van der Waals surface area contributed by atoms with Gasteiger partial charge in [0.15, 0.2) is 0 Å². The largest absolute Gasteiger partial charge is 0.494 e. The predicted molar refractivity (Wildman–Crippen MR) is 75.5 cm³/mol. The molecule has 1 unspecified atom stereocenters. The molecular formula is C15H23NO3. The summed E-state index contributed by atoms with van der Waals surface area (Å²) in [6.07, 6.45) is 2.28. The Morgan fingerprint density at radius 2 is 2.00 bits per heavy atom. The van der Waals surface area contributed by atoms with E-state index in [9.17, 15) is 9.90 Å². The molecule has 0 radical (unpaired) electrons. The minimum Gasteiger partial charge on any atom is -0.494 e. The van der Waals surface area contributed by atoms with E-state index in [-0.39, 0.29) is 0 Å². The van der Waals surface area contributed by atoms with Gasteiger partial charge in [-0.1, -0.05) is 25.1 Å². The maximum atomic E-state index is 11.2. The fourth-order valence-electron chi connectivity index (χ4n) is 1.95. The van der Waals surface area contributed by atoms with Gasteiger partial charge in [-0.2, -0.15) is 0 Å².